The third kappa shape index (κ3) is 4.25. The summed E-state index contributed by atoms with van der Waals surface area (Å²) in [6, 6.07) is 2.76. The van der Waals surface area contributed by atoms with Crippen LogP contribution in [0, 0.1) is 5.82 Å². The molecule has 5 heteroatoms. The molecule has 0 saturated carbocycles. The fraction of sp³-hybridized carbons (Fsp3) is 0.385. The first kappa shape index (κ1) is 14.3. The lowest BCUT2D eigenvalue weighted by molar-refractivity contribution is 0.167. The zero-order chi connectivity index (χ0) is 13.5. The van der Waals surface area contributed by atoms with Crippen LogP contribution in [0.3, 0.4) is 0 Å². The Morgan fingerprint density at radius 3 is 2.83 bits per heavy atom. The van der Waals surface area contributed by atoms with Crippen molar-refractivity contribution in [3.63, 3.8) is 0 Å². The molecule has 0 aromatic heterocycles. The zero-order valence-corrected chi connectivity index (χ0v) is 10.8. The summed E-state index contributed by atoms with van der Waals surface area (Å²) < 4.78 is 23.9. The van der Waals surface area contributed by atoms with E-state index in [4.69, 9.17) is 15.2 Å². The predicted octanol–water partition coefficient (Wildman–Crippen LogP) is 2.42. The van der Waals surface area contributed by atoms with E-state index in [1.807, 2.05) is 6.92 Å². The molecule has 0 spiro atoms. The van der Waals surface area contributed by atoms with E-state index in [1.54, 1.807) is 0 Å². The van der Waals surface area contributed by atoms with Crippen molar-refractivity contribution in [2.75, 3.05) is 37.9 Å². The van der Waals surface area contributed by atoms with Gasteiger partial charge >= 0.3 is 0 Å². The van der Waals surface area contributed by atoms with Crippen molar-refractivity contribution in [3.05, 3.63) is 30.1 Å². The molecule has 0 saturated heterocycles. The molecule has 0 radical (unpaired) electrons. The van der Waals surface area contributed by atoms with Crippen LogP contribution in [-0.2, 0) is 4.74 Å². The van der Waals surface area contributed by atoms with E-state index in [0.29, 0.717) is 31.2 Å². The topological polar surface area (TPSA) is 56.5 Å². The van der Waals surface area contributed by atoms with E-state index in [-0.39, 0.29) is 5.69 Å². The zero-order valence-electron chi connectivity index (χ0n) is 10.8. The second-order valence-corrected chi connectivity index (χ2v) is 4.01. The molecule has 18 heavy (non-hydrogen) atoms. The fourth-order valence-electron chi connectivity index (χ4n) is 1.39. The number of methoxy groups -OCH3 is 1. The van der Waals surface area contributed by atoms with Crippen LogP contribution >= 0.6 is 0 Å². The first-order valence-electron chi connectivity index (χ1n) is 5.63. The minimum absolute atomic E-state index is 0.277. The lowest BCUT2D eigenvalue weighted by atomic mass is 10.2. The van der Waals surface area contributed by atoms with Gasteiger partial charge in [0.2, 0.25) is 0 Å². The van der Waals surface area contributed by atoms with E-state index in [2.05, 4.69) is 11.9 Å². The minimum atomic E-state index is -0.409. The largest absolute Gasteiger partial charge is 0.495 e. The monoisotopic (exact) mass is 254 g/mol. The molecule has 100 valence electrons. The first-order chi connectivity index (χ1) is 8.54. The van der Waals surface area contributed by atoms with Gasteiger partial charge in [0.1, 0.15) is 11.6 Å². The van der Waals surface area contributed by atoms with Gasteiger partial charge in [0.15, 0.2) is 0 Å². The lowest BCUT2D eigenvalue weighted by Gasteiger charge is -2.11. The molecular formula is C13H19FN2O2. The van der Waals surface area contributed by atoms with Crippen LogP contribution in [0.5, 0.6) is 5.75 Å². The standard InChI is InChI=1S/C13H19FN2O2/c1-9(2)8-18-5-4-16-12-7-13(17-3)11(15)6-10(12)14/h6-7,16H,1,4-5,8,15H2,2-3H3. The number of rotatable bonds is 7. The molecule has 1 aromatic carbocycles. The summed E-state index contributed by atoms with van der Waals surface area (Å²) in [6.07, 6.45) is 0. The number of nitrogen functional groups attached to an aromatic ring is 1. The molecule has 0 fully saturated rings. The highest BCUT2D eigenvalue weighted by Gasteiger charge is 2.07. The molecule has 0 heterocycles. The Morgan fingerprint density at radius 2 is 2.22 bits per heavy atom. The van der Waals surface area contributed by atoms with E-state index >= 15 is 0 Å². The Labute approximate surface area is 107 Å². The maximum atomic E-state index is 13.6. The molecule has 0 aliphatic heterocycles. The molecule has 0 bridgehead atoms. The highest BCUT2D eigenvalue weighted by molar-refractivity contribution is 5.62. The van der Waals surface area contributed by atoms with Gasteiger partial charge in [-0.1, -0.05) is 12.2 Å². The number of nitrogens with two attached hydrogens (primary N) is 1. The van der Waals surface area contributed by atoms with Gasteiger partial charge in [-0.3, -0.25) is 0 Å². The maximum Gasteiger partial charge on any atom is 0.148 e. The molecule has 1 rings (SSSR count). The average molecular weight is 254 g/mol. The third-order valence-corrected chi connectivity index (χ3v) is 2.23. The Hall–Kier alpha value is -1.75. The summed E-state index contributed by atoms with van der Waals surface area (Å²) in [5, 5.41) is 2.92. The van der Waals surface area contributed by atoms with Crippen molar-refractivity contribution in [2.45, 2.75) is 6.92 Å². The number of ether oxygens (including phenoxy) is 2. The van der Waals surface area contributed by atoms with Crippen molar-refractivity contribution >= 4 is 11.4 Å². The average Bonchev–Trinajstić information content (AvgIpc) is 2.30. The summed E-state index contributed by atoms with van der Waals surface area (Å²) in [5.74, 6) is 0.0370. The summed E-state index contributed by atoms with van der Waals surface area (Å²) in [4.78, 5) is 0. The van der Waals surface area contributed by atoms with Crippen LogP contribution in [0.15, 0.2) is 24.3 Å². The van der Waals surface area contributed by atoms with Crippen LogP contribution in [0.2, 0.25) is 0 Å². The Morgan fingerprint density at radius 1 is 1.50 bits per heavy atom. The molecule has 1 aromatic rings. The normalized spacial score (nSPS) is 10.2. The number of hydrogen-bond donors (Lipinski definition) is 2. The lowest BCUT2D eigenvalue weighted by Crippen LogP contribution is -2.11. The van der Waals surface area contributed by atoms with Gasteiger partial charge in [0.05, 0.1) is 31.7 Å². The summed E-state index contributed by atoms with van der Waals surface area (Å²) in [7, 11) is 1.49. The molecule has 4 nitrogen and oxygen atoms in total. The van der Waals surface area contributed by atoms with Crippen molar-refractivity contribution in [3.8, 4) is 5.75 Å². The molecule has 0 aliphatic carbocycles. The molecule has 0 atom stereocenters. The highest BCUT2D eigenvalue weighted by Crippen LogP contribution is 2.27. The van der Waals surface area contributed by atoms with Gasteiger partial charge < -0.3 is 20.5 Å². The van der Waals surface area contributed by atoms with Crippen molar-refractivity contribution < 1.29 is 13.9 Å². The number of hydrogen-bond acceptors (Lipinski definition) is 4. The van der Waals surface area contributed by atoms with Crippen molar-refractivity contribution in [2.24, 2.45) is 0 Å². The van der Waals surface area contributed by atoms with Crippen LogP contribution in [0.4, 0.5) is 15.8 Å². The maximum absolute atomic E-state index is 13.6. The number of anilines is 2. The van der Waals surface area contributed by atoms with E-state index < -0.39 is 5.82 Å². The summed E-state index contributed by atoms with van der Waals surface area (Å²) >= 11 is 0. The van der Waals surface area contributed by atoms with Gasteiger partial charge in [-0.25, -0.2) is 4.39 Å². The summed E-state index contributed by atoms with van der Waals surface area (Å²) in [5.41, 5.74) is 7.16. The van der Waals surface area contributed by atoms with Gasteiger partial charge in [-0.15, -0.1) is 0 Å². The van der Waals surface area contributed by atoms with Crippen LogP contribution in [0.1, 0.15) is 6.92 Å². The van der Waals surface area contributed by atoms with Gasteiger partial charge in [0, 0.05) is 18.7 Å². The number of nitrogens with one attached hydrogen (secondary N) is 1. The van der Waals surface area contributed by atoms with Crippen LogP contribution in [0.25, 0.3) is 0 Å². The van der Waals surface area contributed by atoms with E-state index in [9.17, 15) is 4.39 Å². The summed E-state index contributed by atoms with van der Waals surface area (Å²) in [6.45, 7) is 7.09. The van der Waals surface area contributed by atoms with Crippen molar-refractivity contribution in [1.82, 2.24) is 0 Å². The van der Waals surface area contributed by atoms with Gasteiger partial charge in [-0.2, -0.15) is 0 Å². The molecule has 3 N–H and O–H groups in total. The Balaban J connectivity index is 2.49. The van der Waals surface area contributed by atoms with Crippen LogP contribution in [-0.4, -0.2) is 26.9 Å². The molecular weight excluding hydrogens is 235 g/mol. The first-order valence-corrected chi connectivity index (χ1v) is 5.63. The number of halogens is 1. The Kier molecular flexibility index (Phi) is 5.45. The predicted molar refractivity (Wildman–Crippen MR) is 71.5 cm³/mol. The number of benzene rings is 1. The molecule has 0 aliphatic rings. The smallest absolute Gasteiger partial charge is 0.148 e. The second kappa shape index (κ2) is 6.86. The molecule has 0 unspecified atom stereocenters. The minimum Gasteiger partial charge on any atom is -0.495 e. The van der Waals surface area contributed by atoms with Gasteiger partial charge in [-0.05, 0) is 6.92 Å². The van der Waals surface area contributed by atoms with Gasteiger partial charge in [0.25, 0.3) is 0 Å². The molecule has 0 amide bonds. The third-order valence-electron chi connectivity index (χ3n) is 2.23. The fourth-order valence-corrected chi connectivity index (χ4v) is 1.39. The highest BCUT2D eigenvalue weighted by atomic mass is 19.1. The van der Waals surface area contributed by atoms with E-state index in [1.165, 1.54) is 19.2 Å². The second-order valence-electron chi connectivity index (χ2n) is 4.01. The van der Waals surface area contributed by atoms with Crippen molar-refractivity contribution in [1.29, 1.82) is 0 Å². The SMILES string of the molecule is C=C(C)COCCNc1cc(OC)c(N)cc1F. The Bertz CT molecular complexity index is 422. The quantitative estimate of drug-likeness (QED) is 0.446. The van der Waals surface area contributed by atoms with E-state index in [0.717, 1.165) is 5.57 Å². The van der Waals surface area contributed by atoms with Crippen LogP contribution < -0.4 is 15.8 Å².